The minimum Gasteiger partial charge on any atom is -0.352 e. The standard InChI is InChI=1S/C14H24N4/c1-3-17-8-4-5-12(10-17)16-14-15-11(2)9-18(14)13-6-7-13/h9,12-13H,3-8,10H2,1-2H3,(H,15,16). The lowest BCUT2D eigenvalue weighted by atomic mass is 10.1. The minimum atomic E-state index is 0.568. The number of likely N-dealkylation sites (N-methyl/N-ethyl adjacent to an activating group) is 1. The van der Waals surface area contributed by atoms with E-state index in [0.29, 0.717) is 12.1 Å². The molecule has 4 heteroatoms. The summed E-state index contributed by atoms with van der Waals surface area (Å²) < 4.78 is 2.35. The molecule has 0 spiro atoms. The zero-order chi connectivity index (χ0) is 12.5. The summed E-state index contributed by atoms with van der Waals surface area (Å²) >= 11 is 0. The maximum absolute atomic E-state index is 4.65. The molecule has 1 N–H and O–H groups in total. The molecule has 2 fully saturated rings. The minimum absolute atomic E-state index is 0.568. The second-order valence-electron chi connectivity index (χ2n) is 5.72. The Morgan fingerprint density at radius 1 is 1.39 bits per heavy atom. The number of likely N-dealkylation sites (tertiary alicyclic amines) is 1. The first-order chi connectivity index (χ1) is 8.76. The predicted molar refractivity (Wildman–Crippen MR) is 74.0 cm³/mol. The lowest BCUT2D eigenvalue weighted by Gasteiger charge is -2.32. The Morgan fingerprint density at radius 3 is 2.94 bits per heavy atom. The van der Waals surface area contributed by atoms with Crippen LogP contribution in [-0.2, 0) is 0 Å². The summed E-state index contributed by atoms with van der Waals surface area (Å²) in [5.41, 5.74) is 1.13. The molecule has 1 aliphatic heterocycles. The van der Waals surface area contributed by atoms with E-state index in [1.54, 1.807) is 0 Å². The highest BCUT2D eigenvalue weighted by molar-refractivity contribution is 5.32. The molecule has 4 nitrogen and oxygen atoms in total. The molecule has 0 radical (unpaired) electrons. The van der Waals surface area contributed by atoms with Gasteiger partial charge in [0.25, 0.3) is 0 Å². The largest absolute Gasteiger partial charge is 0.352 e. The Morgan fingerprint density at radius 2 is 2.22 bits per heavy atom. The smallest absolute Gasteiger partial charge is 0.203 e. The van der Waals surface area contributed by atoms with Crippen molar-refractivity contribution in [1.29, 1.82) is 0 Å². The third-order valence-electron chi connectivity index (χ3n) is 4.08. The van der Waals surface area contributed by atoms with Gasteiger partial charge in [-0.1, -0.05) is 6.92 Å². The summed E-state index contributed by atoms with van der Waals surface area (Å²) in [4.78, 5) is 7.18. The zero-order valence-corrected chi connectivity index (χ0v) is 11.5. The number of rotatable bonds is 4. The van der Waals surface area contributed by atoms with E-state index in [2.05, 4.69) is 39.8 Å². The summed E-state index contributed by atoms with van der Waals surface area (Å²) in [6.07, 6.45) is 7.40. The van der Waals surface area contributed by atoms with Gasteiger partial charge < -0.3 is 14.8 Å². The van der Waals surface area contributed by atoms with E-state index in [9.17, 15) is 0 Å². The molecule has 0 aromatic carbocycles. The second-order valence-corrected chi connectivity index (χ2v) is 5.72. The number of nitrogens with zero attached hydrogens (tertiary/aromatic N) is 3. The Hall–Kier alpha value is -1.03. The molecule has 3 rings (SSSR count). The summed E-state index contributed by atoms with van der Waals surface area (Å²) in [5, 5.41) is 3.67. The molecule has 2 heterocycles. The average Bonchev–Trinajstić information content (AvgIpc) is 3.15. The van der Waals surface area contributed by atoms with E-state index in [0.717, 1.165) is 24.7 Å². The topological polar surface area (TPSA) is 33.1 Å². The van der Waals surface area contributed by atoms with Crippen molar-refractivity contribution in [2.75, 3.05) is 25.0 Å². The lowest BCUT2D eigenvalue weighted by Crippen LogP contribution is -2.42. The van der Waals surface area contributed by atoms with Gasteiger partial charge in [-0.3, -0.25) is 0 Å². The van der Waals surface area contributed by atoms with Crippen LogP contribution in [0.25, 0.3) is 0 Å². The first kappa shape index (κ1) is 12.0. The van der Waals surface area contributed by atoms with Gasteiger partial charge in [-0.2, -0.15) is 0 Å². The van der Waals surface area contributed by atoms with Crippen LogP contribution in [-0.4, -0.2) is 40.1 Å². The fourth-order valence-electron chi connectivity index (χ4n) is 2.90. The van der Waals surface area contributed by atoms with E-state index in [1.165, 1.54) is 32.2 Å². The van der Waals surface area contributed by atoms with E-state index < -0.39 is 0 Å². The van der Waals surface area contributed by atoms with Gasteiger partial charge in [0.1, 0.15) is 0 Å². The van der Waals surface area contributed by atoms with Crippen LogP contribution in [0, 0.1) is 6.92 Å². The first-order valence-corrected chi connectivity index (χ1v) is 7.30. The van der Waals surface area contributed by atoms with Gasteiger partial charge in [0.05, 0.1) is 5.69 Å². The number of hydrogen-bond donors (Lipinski definition) is 1. The van der Waals surface area contributed by atoms with Crippen molar-refractivity contribution >= 4 is 5.95 Å². The van der Waals surface area contributed by atoms with Gasteiger partial charge in [0, 0.05) is 24.8 Å². The number of anilines is 1. The number of piperidine rings is 1. The Kier molecular flexibility index (Phi) is 3.29. The molecule has 100 valence electrons. The number of imidazole rings is 1. The van der Waals surface area contributed by atoms with Crippen LogP contribution in [0.4, 0.5) is 5.95 Å². The lowest BCUT2D eigenvalue weighted by molar-refractivity contribution is 0.226. The maximum Gasteiger partial charge on any atom is 0.203 e. The monoisotopic (exact) mass is 248 g/mol. The van der Waals surface area contributed by atoms with E-state index in [1.807, 2.05) is 0 Å². The van der Waals surface area contributed by atoms with Crippen LogP contribution in [0.2, 0.25) is 0 Å². The predicted octanol–water partition coefficient (Wildman–Crippen LogP) is 2.42. The van der Waals surface area contributed by atoms with E-state index in [-0.39, 0.29) is 0 Å². The fourth-order valence-corrected chi connectivity index (χ4v) is 2.90. The maximum atomic E-state index is 4.65. The Labute approximate surface area is 109 Å². The fraction of sp³-hybridized carbons (Fsp3) is 0.786. The molecule has 0 amide bonds. The zero-order valence-electron chi connectivity index (χ0n) is 11.5. The molecule has 1 saturated carbocycles. The molecule has 1 aliphatic carbocycles. The molecule has 18 heavy (non-hydrogen) atoms. The van der Waals surface area contributed by atoms with Crippen LogP contribution in [0.1, 0.15) is 44.3 Å². The molecule has 1 saturated heterocycles. The van der Waals surface area contributed by atoms with Gasteiger partial charge in [-0.05, 0) is 45.7 Å². The van der Waals surface area contributed by atoms with Crippen molar-refractivity contribution in [3.05, 3.63) is 11.9 Å². The highest BCUT2D eigenvalue weighted by atomic mass is 15.3. The second kappa shape index (κ2) is 4.92. The third kappa shape index (κ3) is 2.53. The summed E-state index contributed by atoms with van der Waals surface area (Å²) in [7, 11) is 0. The van der Waals surface area contributed by atoms with Gasteiger partial charge in [0.2, 0.25) is 5.95 Å². The van der Waals surface area contributed by atoms with Crippen LogP contribution < -0.4 is 5.32 Å². The SMILES string of the molecule is CCN1CCCC(Nc2nc(C)cn2C2CC2)C1. The van der Waals surface area contributed by atoms with Gasteiger partial charge in [-0.25, -0.2) is 4.98 Å². The van der Waals surface area contributed by atoms with E-state index in [4.69, 9.17) is 0 Å². The Balaban J connectivity index is 1.68. The summed E-state index contributed by atoms with van der Waals surface area (Å²) in [6.45, 7) is 7.91. The molecule has 0 bridgehead atoms. The highest BCUT2D eigenvalue weighted by Gasteiger charge is 2.27. The van der Waals surface area contributed by atoms with E-state index >= 15 is 0 Å². The summed E-state index contributed by atoms with van der Waals surface area (Å²) in [5.74, 6) is 1.10. The summed E-state index contributed by atoms with van der Waals surface area (Å²) in [6, 6.07) is 1.28. The molecule has 2 aliphatic rings. The van der Waals surface area contributed by atoms with Crippen LogP contribution in [0.3, 0.4) is 0 Å². The number of hydrogen-bond acceptors (Lipinski definition) is 3. The van der Waals surface area contributed by atoms with Crippen LogP contribution in [0.15, 0.2) is 6.20 Å². The van der Waals surface area contributed by atoms with Crippen molar-refractivity contribution in [1.82, 2.24) is 14.5 Å². The Bertz CT molecular complexity index is 408. The average molecular weight is 248 g/mol. The number of aryl methyl sites for hydroxylation is 1. The molecular weight excluding hydrogens is 224 g/mol. The van der Waals surface area contributed by atoms with Crippen molar-refractivity contribution < 1.29 is 0 Å². The molecule has 1 aromatic rings. The number of aromatic nitrogens is 2. The number of nitrogens with one attached hydrogen (secondary N) is 1. The first-order valence-electron chi connectivity index (χ1n) is 7.30. The van der Waals surface area contributed by atoms with Crippen molar-refractivity contribution in [2.45, 2.75) is 51.6 Å². The van der Waals surface area contributed by atoms with Crippen molar-refractivity contribution in [2.24, 2.45) is 0 Å². The third-order valence-corrected chi connectivity index (χ3v) is 4.08. The van der Waals surface area contributed by atoms with Gasteiger partial charge >= 0.3 is 0 Å². The molecular formula is C14H24N4. The van der Waals surface area contributed by atoms with Gasteiger partial charge in [0.15, 0.2) is 0 Å². The molecule has 1 atom stereocenters. The van der Waals surface area contributed by atoms with Crippen molar-refractivity contribution in [3.63, 3.8) is 0 Å². The van der Waals surface area contributed by atoms with Crippen LogP contribution >= 0.6 is 0 Å². The normalized spacial score (nSPS) is 25.3. The van der Waals surface area contributed by atoms with Gasteiger partial charge in [-0.15, -0.1) is 0 Å². The van der Waals surface area contributed by atoms with Crippen molar-refractivity contribution in [3.8, 4) is 0 Å². The molecule has 1 unspecified atom stereocenters. The quantitative estimate of drug-likeness (QED) is 0.888. The highest BCUT2D eigenvalue weighted by Crippen LogP contribution is 2.37. The molecule has 1 aromatic heterocycles. The van der Waals surface area contributed by atoms with Crippen LogP contribution in [0.5, 0.6) is 0 Å².